The number of halogens is 2. The highest BCUT2D eigenvalue weighted by atomic mass is 79.9. The lowest BCUT2D eigenvalue weighted by Gasteiger charge is -2.18. The van der Waals surface area contributed by atoms with Gasteiger partial charge in [-0.25, -0.2) is 12.8 Å². The van der Waals surface area contributed by atoms with Crippen molar-refractivity contribution in [3.63, 3.8) is 0 Å². The molecule has 0 fully saturated rings. The highest BCUT2D eigenvalue weighted by molar-refractivity contribution is 9.09. The second-order valence-corrected chi connectivity index (χ2v) is 7.08. The summed E-state index contributed by atoms with van der Waals surface area (Å²) in [6, 6.07) is 5.16. The van der Waals surface area contributed by atoms with Gasteiger partial charge in [0.15, 0.2) is 9.84 Å². The van der Waals surface area contributed by atoms with Gasteiger partial charge in [0.25, 0.3) is 0 Å². The van der Waals surface area contributed by atoms with Crippen molar-refractivity contribution in [1.82, 2.24) is 0 Å². The Labute approximate surface area is 110 Å². The van der Waals surface area contributed by atoms with Crippen molar-refractivity contribution < 1.29 is 12.8 Å². The van der Waals surface area contributed by atoms with Crippen molar-refractivity contribution in [2.24, 2.45) is 11.8 Å². The van der Waals surface area contributed by atoms with Crippen molar-refractivity contribution in [3.8, 4) is 0 Å². The van der Waals surface area contributed by atoms with Crippen LogP contribution >= 0.6 is 15.9 Å². The Morgan fingerprint density at radius 2 is 2.00 bits per heavy atom. The molecule has 1 aromatic carbocycles. The summed E-state index contributed by atoms with van der Waals surface area (Å²) < 4.78 is 37.1. The fourth-order valence-electron chi connectivity index (χ4n) is 1.45. The molecule has 96 valence electrons. The minimum absolute atomic E-state index is 0.0308. The molecule has 0 saturated heterocycles. The first-order chi connectivity index (χ1) is 7.86. The maximum Gasteiger partial charge on any atom is 0.178 e. The zero-order valence-corrected chi connectivity index (χ0v) is 12.3. The van der Waals surface area contributed by atoms with Crippen LogP contribution in [0.3, 0.4) is 0 Å². The van der Waals surface area contributed by atoms with Gasteiger partial charge >= 0.3 is 0 Å². The topological polar surface area (TPSA) is 34.1 Å². The van der Waals surface area contributed by atoms with Crippen molar-refractivity contribution in [2.75, 3.05) is 11.1 Å². The second kappa shape index (κ2) is 5.96. The van der Waals surface area contributed by atoms with Gasteiger partial charge in [-0.3, -0.25) is 0 Å². The Morgan fingerprint density at radius 1 is 1.35 bits per heavy atom. The van der Waals surface area contributed by atoms with E-state index in [9.17, 15) is 12.8 Å². The van der Waals surface area contributed by atoms with Crippen LogP contribution in [0.25, 0.3) is 0 Å². The van der Waals surface area contributed by atoms with Gasteiger partial charge in [-0.05, 0) is 30.0 Å². The summed E-state index contributed by atoms with van der Waals surface area (Å²) in [4.78, 5) is 0.0594. The summed E-state index contributed by atoms with van der Waals surface area (Å²) in [7, 11) is -3.41. The van der Waals surface area contributed by atoms with Crippen LogP contribution in [-0.2, 0) is 9.84 Å². The van der Waals surface area contributed by atoms with E-state index in [0.29, 0.717) is 5.33 Å². The Hall–Kier alpha value is -0.420. The van der Waals surface area contributed by atoms with E-state index in [2.05, 4.69) is 15.9 Å². The van der Waals surface area contributed by atoms with Crippen LogP contribution in [0.15, 0.2) is 29.2 Å². The van der Waals surface area contributed by atoms with Crippen LogP contribution in [0, 0.1) is 17.7 Å². The zero-order valence-electron chi connectivity index (χ0n) is 9.86. The van der Waals surface area contributed by atoms with E-state index in [1.165, 1.54) is 18.2 Å². The number of hydrogen-bond acceptors (Lipinski definition) is 2. The Bertz CT molecular complexity index is 471. The van der Waals surface area contributed by atoms with Crippen molar-refractivity contribution in [1.29, 1.82) is 0 Å². The van der Waals surface area contributed by atoms with E-state index in [1.807, 2.05) is 13.8 Å². The van der Waals surface area contributed by atoms with E-state index in [4.69, 9.17) is 0 Å². The second-order valence-electron chi connectivity index (χ2n) is 4.40. The van der Waals surface area contributed by atoms with Crippen molar-refractivity contribution >= 4 is 25.8 Å². The third-order valence-corrected chi connectivity index (χ3v) is 5.40. The van der Waals surface area contributed by atoms with Crippen LogP contribution in [0.1, 0.15) is 13.8 Å². The molecule has 0 aliphatic carbocycles. The monoisotopic (exact) mass is 322 g/mol. The van der Waals surface area contributed by atoms with E-state index >= 15 is 0 Å². The fourth-order valence-corrected chi connectivity index (χ4v) is 4.57. The predicted octanol–water partition coefficient (Wildman–Crippen LogP) is 3.27. The molecule has 0 spiro atoms. The molecule has 5 heteroatoms. The average molecular weight is 323 g/mol. The summed E-state index contributed by atoms with van der Waals surface area (Å²) in [5.74, 6) is -0.189. The summed E-state index contributed by atoms with van der Waals surface area (Å²) in [6.45, 7) is 3.96. The molecule has 0 aliphatic rings. The molecule has 0 N–H and O–H groups in total. The number of sulfone groups is 1. The molecule has 1 rings (SSSR count). The quantitative estimate of drug-likeness (QED) is 0.780. The van der Waals surface area contributed by atoms with E-state index < -0.39 is 15.7 Å². The highest BCUT2D eigenvalue weighted by Crippen LogP contribution is 2.21. The van der Waals surface area contributed by atoms with Crippen LogP contribution in [-0.4, -0.2) is 19.5 Å². The van der Waals surface area contributed by atoms with Gasteiger partial charge in [0.2, 0.25) is 0 Å². The molecule has 17 heavy (non-hydrogen) atoms. The maximum atomic E-state index is 13.0. The van der Waals surface area contributed by atoms with Gasteiger partial charge in [0.1, 0.15) is 5.82 Å². The molecule has 0 bridgehead atoms. The minimum atomic E-state index is -3.41. The maximum absolute atomic E-state index is 13.0. The van der Waals surface area contributed by atoms with Crippen LogP contribution in [0.2, 0.25) is 0 Å². The first-order valence-electron chi connectivity index (χ1n) is 5.41. The molecule has 0 amide bonds. The Morgan fingerprint density at radius 3 is 2.47 bits per heavy atom. The summed E-state index contributed by atoms with van der Waals surface area (Å²) >= 11 is 3.32. The molecule has 0 heterocycles. The first-order valence-corrected chi connectivity index (χ1v) is 8.18. The molecule has 1 aromatic rings. The van der Waals surface area contributed by atoms with Gasteiger partial charge in [0.05, 0.1) is 10.6 Å². The molecule has 0 aliphatic heterocycles. The van der Waals surface area contributed by atoms with E-state index in [1.54, 1.807) is 0 Å². The number of rotatable bonds is 5. The number of alkyl halides is 1. The van der Waals surface area contributed by atoms with Crippen molar-refractivity contribution in [3.05, 3.63) is 30.1 Å². The molecular weight excluding hydrogens is 307 g/mol. The smallest absolute Gasteiger partial charge is 0.178 e. The van der Waals surface area contributed by atoms with Crippen molar-refractivity contribution in [2.45, 2.75) is 18.7 Å². The minimum Gasteiger partial charge on any atom is -0.224 e. The van der Waals surface area contributed by atoms with E-state index in [0.717, 1.165) is 6.07 Å². The molecule has 0 aromatic heterocycles. The van der Waals surface area contributed by atoms with Crippen LogP contribution < -0.4 is 0 Å². The fraction of sp³-hybridized carbons (Fsp3) is 0.500. The number of benzene rings is 1. The molecule has 1 unspecified atom stereocenters. The predicted molar refractivity (Wildman–Crippen MR) is 70.6 cm³/mol. The molecular formula is C12H16BrFO2S. The van der Waals surface area contributed by atoms with Gasteiger partial charge < -0.3 is 0 Å². The van der Waals surface area contributed by atoms with Gasteiger partial charge in [-0.15, -0.1) is 0 Å². The number of hydrogen-bond donors (Lipinski definition) is 0. The van der Waals surface area contributed by atoms with Gasteiger partial charge in [0, 0.05) is 5.33 Å². The zero-order chi connectivity index (χ0) is 13.1. The third-order valence-electron chi connectivity index (χ3n) is 2.73. The largest absolute Gasteiger partial charge is 0.224 e. The highest BCUT2D eigenvalue weighted by Gasteiger charge is 2.23. The standard InChI is InChI=1S/C12H16BrFO2S/c1-9(2)10(7-13)8-17(15,16)12-5-3-4-11(14)6-12/h3-6,9-10H,7-8H2,1-2H3. The van der Waals surface area contributed by atoms with Crippen LogP contribution in [0.4, 0.5) is 4.39 Å². The third kappa shape index (κ3) is 4.07. The summed E-state index contributed by atoms with van der Waals surface area (Å²) in [5.41, 5.74) is 0. The molecule has 0 radical (unpaired) electrons. The summed E-state index contributed by atoms with van der Waals surface area (Å²) in [6.07, 6.45) is 0. The Balaban J connectivity index is 2.96. The SMILES string of the molecule is CC(C)C(CBr)CS(=O)(=O)c1cccc(F)c1. The molecule has 2 nitrogen and oxygen atoms in total. The average Bonchev–Trinajstić information content (AvgIpc) is 2.25. The molecule has 0 saturated carbocycles. The lowest BCUT2D eigenvalue weighted by Crippen LogP contribution is -2.22. The van der Waals surface area contributed by atoms with Crippen LogP contribution in [0.5, 0.6) is 0 Å². The lowest BCUT2D eigenvalue weighted by atomic mass is 10.0. The molecule has 1 atom stereocenters. The van der Waals surface area contributed by atoms with Gasteiger partial charge in [-0.2, -0.15) is 0 Å². The Kier molecular flexibility index (Phi) is 5.13. The normalized spacial score (nSPS) is 13.9. The van der Waals surface area contributed by atoms with Gasteiger partial charge in [-0.1, -0.05) is 35.8 Å². The van der Waals surface area contributed by atoms with E-state index in [-0.39, 0.29) is 22.5 Å². The first kappa shape index (κ1) is 14.6. The summed E-state index contributed by atoms with van der Waals surface area (Å²) in [5, 5.41) is 0.624. The lowest BCUT2D eigenvalue weighted by molar-refractivity contribution is 0.461.